The van der Waals surface area contributed by atoms with Crippen molar-refractivity contribution in [3.8, 4) is 0 Å². The van der Waals surface area contributed by atoms with Crippen molar-refractivity contribution in [1.82, 2.24) is 4.90 Å². The number of nitrogens with two attached hydrogens (primary N) is 1. The van der Waals surface area contributed by atoms with Gasteiger partial charge in [0.2, 0.25) is 5.91 Å². The van der Waals surface area contributed by atoms with E-state index in [0.717, 1.165) is 37.8 Å². The number of piperidine rings is 1. The minimum Gasteiger partial charge on any atom is -0.338 e. The predicted octanol–water partition coefficient (Wildman–Crippen LogP) is 3.83. The molecule has 120 valence electrons. The monoisotopic (exact) mass is 340 g/mol. The van der Waals surface area contributed by atoms with Gasteiger partial charge in [0.1, 0.15) is 0 Å². The zero-order valence-electron chi connectivity index (χ0n) is 12.8. The van der Waals surface area contributed by atoms with Crippen molar-refractivity contribution in [3.05, 3.63) is 33.8 Å². The first-order valence-corrected chi connectivity index (χ1v) is 8.75. The van der Waals surface area contributed by atoms with E-state index < -0.39 is 0 Å². The molecule has 2 N–H and O–H groups in total. The van der Waals surface area contributed by atoms with E-state index in [1.807, 2.05) is 24.0 Å². The number of benzene rings is 1. The maximum Gasteiger partial charge on any atom is 0.226 e. The summed E-state index contributed by atoms with van der Waals surface area (Å²) in [5.74, 6) is 0.566. The molecule has 1 aromatic carbocycles. The van der Waals surface area contributed by atoms with E-state index in [2.05, 4.69) is 0 Å². The topological polar surface area (TPSA) is 46.3 Å². The molecule has 1 saturated heterocycles. The van der Waals surface area contributed by atoms with Crippen molar-refractivity contribution in [2.24, 2.45) is 11.7 Å². The van der Waals surface area contributed by atoms with E-state index in [4.69, 9.17) is 28.9 Å². The quantitative estimate of drug-likeness (QED) is 0.908. The normalized spacial score (nSPS) is 29.3. The van der Waals surface area contributed by atoms with Crippen LogP contribution in [-0.2, 0) is 4.79 Å². The Labute approximate surface area is 141 Å². The average molecular weight is 341 g/mol. The second-order valence-electron chi connectivity index (χ2n) is 6.61. The van der Waals surface area contributed by atoms with Crippen LogP contribution in [0.5, 0.6) is 0 Å². The summed E-state index contributed by atoms with van der Waals surface area (Å²) in [7, 11) is 0. The molecule has 3 rings (SSSR count). The van der Waals surface area contributed by atoms with Gasteiger partial charge in [0.05, 0.1) is 0 Å². The molecule has 4 unspecified atom stereocenters. The van der Waals surface area contributed by atoms with Gasteiger partial charge in [0, 0.05) is 34.6 Å². The van der Waals surface area contributed by atoms with E-state index in [0.29, 0.717) is 10.0 Å². The van der Waals surface area contributed by atoms with Crippen LogP contribution in [-0.4, -0.2) is 29.4 Å². The van der Waals surface area contributed by atoms with Crippen LogP contribution in [0.25, 0.3) is 0 Å². The fourth-order valence-electron chi connectivity index (χ4n) is 3.62. The third-order valence-corrected chi connectivity index (χ3v) is 5.30. The number of likely N-dealkylation sites (tertiary alicyclic amines) is 1. The number of hydrogen-bond donors (Lipinski definition) is 1. The zero-order valence-corrected chi connectivity index (χ0v) is 14.3. The molecule has 3 nitrogen and oxygen atoms in total. The largest absolute Gasteiger partial charge is 0.338 e. The lowest BCUT2D eigenvalue weighted by atomic mass is 9.96. The van der Waals surface area contributed by atoms with Gasteiger partial charge in [-0.3, -0.25) is 4.79 Å². The van der Waals surface area contributed by atoms with Gasteiger partial charge in [-0.1, -0.05) is 23.2 Å². The molecule has 0 aromatic heterocycles. The van der Waals surface area contributed by atoms with E-state index in [-0.39, 0.29) is 29.8 Å². The zero-order chi connectivity index (χ0) is 15.9. The highest BCUT2D eigenvalue weighted by molar-refractivity contribution is 6.34. The Bertz CT molecular complexity index is 556. The summed E-state index contributed by atoms with van der Waals surface area (Å²) in [6.45, 7) is 2.84. The van der Waals surface area contributed by atoms with Crippen LogP contribution in [0.2, 0.25) is 10.0 Å². The van der Waals surface area contributed by atoms with Crippen molar-refractivity contribution in [1.29, 1.82) is 0 Å². The Hall–Kier alpha value is -0.770. The third kappa shape index (κ3) is 3.27. The first-order chi connectivity index (χ1) is 10.5. The van der Waals surface area contributed by atoms with E-state index >= 15 is 0 Å². The van der Waals surface area contributed by atoms with Crippen LogP contribution in [0.3, 0.4) is 0 Å². The van der Waals surface area contributed by atoms with Crippen LogP contribution >= 0.6 is 23.2 Å². The van der Waals surface area contributed by atoms with Crippen LogP contribution < -0.4 is 5.73 Å². The molecule has 5 heteroatoms. The van der Waals surface area contributed by atoms with Crippen LogP contribution in [0, 0.1) is 5.92 Å². The van der Waals surface area contributed by atoms with Gasteiger partial charge in [-0.2, -0.15) is 0 Å². The van der Waals surface area contributed by atoms with Gasteiger partial charge in [-0.05, 0) is 62.3 Å². The summed E-state index contributed by atoms with van der Waals surface area (Å²) < 4.78 is 0. The average Bonchev–Trinajstić information content (AvgIpc) is 3.26. The lowest BCUT2D eigenvalue weighted by Gasteiger charge is -2.38. The first-order valence-electron chi connectivity index (χ1n) is 7.99. The second kappa shape index (κ2) is 6.38. The molecule has 0 radical (unpaired) electrons. The molecule has 1 aliphatic heterocycles. The molecule has 22 heavy (non-hydrogen) atoms. The standard InChI is InChI=1S/C17H22Cl2N2O/c1-10(20)16-4-2-3-5-21(16)17(22)15-9-14(15)11-6-12(18)8-13(19)7-11/h6-8,10,14-16H,2-5,9,20H2,1H3. The molecular formula is C17H22Cl2N2O. The second-order valence-corrected chi connectivity index (χ2v) is 7.48. The molecule has 2 fully saturated rings. The minimum atomic E-state index is 0.0297. The van der Waals surface area contributed by atoms with Gasteiger partial charge in [0.25, 0.3) is 0 Å². The van der Waals surface area contributed by atoms with Gasteiger partial charge < -0.3 is 10.6 Å². The third-order valence-electron chi connectivity index (χ3n) is 4.86. The fourth-order valence-corrected chi connectivity index (χ4v) is 4.16. The number of amides is 1. The maximum atomic E-state index is 12.8. The SMILES string of the molecule is CC(N)C1CCCCN1C(=O)C1CC1c1cc(Cl)cc(Cl)c1. The number of rotatable bonds is 3. The number of hydrogen-bond acceptors (Lipinski definition) is 2. The highest BCUT2D eigenvalue weighted by atomic mass is 35.5. The summed E-state index contributed by atoms with van der Waals surface area (Å²) in [6.07, 6.45) is 4.14. The number of carbonyl (C=O) groups excluding carboxylic acids is 1. The molecule has 1 aromatic rings. The molecule has 0 spiro atoms. The summed E-state index contributed by atoms with van der Waals surface area (Å²) in [4.78, 5) is 14.9. The number of nitrogens with zero attached hydrogens (tertiary/aromatic N) is 1. The van der Waals surface area contributed by atoms with Gasteiger partial charge >= 0.3 is 0 Å². The van der Waals surface area contributed by atoms with Gasteiger partial charge in [0.15, 0.2) is 0 Å². The summed E-state index contributed by atoms with van der Waals surface area (Å²) in [6, 6.07) is 5.78. The lowest BCUT2D eigenvalue weighted by Crippen LogP contribution is -2.52. The summed E-state index contributed by atoms with van der Waals surface area (Å²) >= 11 is 12.1. The van der Waals surface area contributed by atoms with Crippen molar-refractivity contribution in [2.75, 3.05) is 6.54 Å². The Kier molecular flexibility index (Phi) is 4.67. The predicted molar refractivity (Wildman–Crippen MR) is 90.3 cm³/mol. The lowest BCUT2D eigenvalue weighted by molar-refractivity contribution is -0.136. The minimum absolute atomic E-state index is 0.0297. The molecule has 2 aliphatic rings. The fraction of sp³-hybridized carbons (Fsp3) is 0.588. The molecule has 4 atom stereocenters. The van der Waals surface area contributed by atoms with E-state index in [9.17, 15) is 4.79 Å². The van der Waals surface area contributed by atoms with Gasteiger partial charge in [-0.15, -0.1) is 0 Å². The van der Waals surface area contributed by atoms with Crippen LogP contribution in [0.4, 0.5) is 0 Å². The molecule has 1 aliphatic carbocycles. The Morgan fingerprint density at radius 1 is 1.27 bits per heavy atom. The Balaban J connectivity index is 1.71. The smallest absolute Gasteiger partial charge is 0.226 e. The molecule has 0 bridgehead atoms. The summed E-state index contributed by atoms with van der Waals surface area (Å²) in [5, 5.41) is 1.26. The van der Waals surface area contributed by atoms with E-state index in [1.54, 1.807) is 6.07 Å². The van der Waals surface area contributed by atoms with Crippen molar-refractivity contribution in [3.63, 3.8) is 0 Å². The first kappa shape index (κ1) is 16.1. The highest BCUT2D eigenvalue weighted by Crippen LogP contribution is 2.50. The Morgan fingerprint density at radius 3 is 2.59 bits per heavy atom. The van der Waals surface area contributed by atoms with Crippen LogP contribution in [0.1, 0.15) is 44.1 Å². The van der Waals surface area contributed by atoms with Crippen LogP contribution in [0.15, 0.2) is 18.2 Å². The molecule has 1 heterocycles. The van der Waals surface area contributed by atoms with Crippen molar-refractivity contribution >= 4 is 29.1 Å². The van der Waals surface area contributed by atoms with Crippen molar-refractivity contribution < 1.29 is 4.79 Å². The molecule has 1 amide bonds. The molecular weight excluding hydrogens is 319 g/mol. The number of carbonyl (C=O) groups is 1. The van der Waals surface area contributed by atoms with Gasteiger partial charge in [-0.25, -0.2) is 0 Å². The highest BCUT2D eigenvalue weighted by Gasteiger charge is 2.47. The number of halogens is 2. The summed E-state index contributed by atoms with van der Waals surface area (Å²) in [5.41, 5.74) is 7.15. The van der Waals surface area contributed by atoms with E-state index in [1.165, 1.54) is 0 Å². The maximum absolute atomic E-state index is 12.8. The van der Waals surface area contributed by atoms with Crippen molar-refractivity contribution in [2.45, 2.75) is 50.6 Å². The molecule has 1 saturated carbocycles. The Morgan fingerprint density at radius 2 is 1.95 bits per heavy atom.